The predicted octanol–water partition coefficient (Wildman–Crippen LogP) is 1.73. The van der Waals surface area contributed by atoms with Gasteiger partial charge in [-0.2, -0.15) is 0 Å². The number of ether oxygens (including phenoxy) is 1. The molecule has 112 valence electrons. The van der Waals surface area contributed by atoms with E-state index in [9.17, 15) is 8.42 Å². The number of anilines is 1. The lowest BCUT2D eigenvalue weighted by Gasteiger charge is -2.40. The van der Waals surface area contributed by atoms with E-state index < -0.39 is 10.0 Å². The molecular weight excluding hydrogens is 276 g/mol. The summed E-state index contributed by atoms with van der Waals surface area (Å²) in [6.07, 6.45) is 2.86. The highest BCUT2D eigenvalue weighted by Crippen LogP contribution is 2.34. The van der Waals surface area contributed by atoms with E-state index in [1.807, 2.05) is 13.8 Å². The Kier molecular flexibility index (Phi) is 4.09. The molecule has 1 aromatic rings. The van der Waals surface area contributed by atoms with Gasteiger partial charge in [-0.05, 0) is 56.4 Å². The SMILES string of the molecule is COC1(CNS(=O)(=O)c2cc(C)c(C)c(N)c2)CCC1. The zero-order valence-corrected chi connectivity index (χ0v) is 13.0. The second-order valence-corrected chi connectivity index (χ2v) is 7.29. The first-order valence-electron chi connectivity index (χ1n) is 6.71. The van der Waals surface area contributed by atoms with Crippen LogP contribution in [0.3, 0.4) is 0 Å². The molecular formula is C14H22N2O3S. The maximum atomic E-state index is 12.3. The van der Waals surface area contributed by atoms with Gasteiger partial charge in [0.15, 0.2) is 0 Å². The molecule has 3 N–H and O–H groups in total. The van der Waals surface area contributed by atoms with Crippen LogP contribution in [0.25, 0.3) is 0 Å². The highest BCUT2D eigenvalue weighted by molar-refractivity contribution is 7.89. The second kappa shape index (κ2) is 5.35. The summed E-state index contributed by atoms with van der Waals surface area (Å²) in [6, 6.07) is 3.15. The summed E-state index contributed by atoms with van der Waals surface area (Å²) in [7, 11) is -1.93. The van der Waals surface area contributed by atoms with Crippen molar-refractivity contribution in [3.8, 4) is 0 Å². The van der Waals surface area contributed by atoms with Gasteiger partial charge in [0.2, 0.25) is 10.0 Å². The Morgan fingerprint density at radius 2 is 2.00 bits per heavy atom. The molecule has 2 rings (SSSR count). The lowest BCUT2D eigenvalue weighted by molar-refractivity contribution is -0.0659. The van der Waals surface area contributed by atoms with Gasteiger partial charge in [0.05, 0.1) is 10.5 Å². The van der Waals surface area contributed by atoms with Crippen LogP contribution in [0.1, 0.15) is 30.4 Å². The van der Waals surface area contributed by atoms with Crippen molar-refractivity contribution in [2.45, 2.75) is 43.6 Å². The molecule has 0 heterocycles. The van der Waals surface area contributed by atoms with Crippen LogP contribution in [0.5, 0.6) is 0 Å². The van der Waals surface area contributed by atoms with E-state index in [4.69, 9.17) is 10.5 Å². The Hall–Kier alpha value is -1.11. The molecule has 0 atom stereocenters. The molecule has 0 spiro atoms. The summed E-state index contributed by atoms with van der Waals surface area (Å²) in [4.78, 5) is 0.212. The smallest absolute Gasteiger partial charge is 0.240 e. The summed E-state index contributed by atoms with van der Waals surface area (Å²) < 4.78 is 32.7. The number of nitrogens with two attached hydrogens (primary N) is 1. The van der Waals surface area contributed by atoms with Crippen molar-refractivity contribution in [2.24, 2.45) is 0 Å². The van der Waals surface area contributed by atoms with Crippen LogP contribution in [-0.4, -0.2) is 27.7 Å². The monoisotopic (exact) mass is 298 g/mol. The van der Waals surface area contributed by atoms with E-state index in [0.29, 0.717) is 12.2 Å². The maximum absolute atomic E-state index is 12.3. The van der Waals surface area contributed by atoms with Crippen LogP contribution in [0.15, 0.2) is 17.0 Å². The van der Waals surface area contributed by atoms with Crippen molar-refractivity contribution in [1.82, 2.24) is 4.72 Å². The number of rotatable bonds is 5. The third kappa shape index (κ3) is 2.82. The molecule has 0 aliphatic heterocycles. The third-order valence-electron chi connectivity index (χ3n) is 4.27. The third-order valence-corrected chi connectivity index (χ3v) is 5.65. The molecule has 0 bridgehead atoms. The van der Waals surface area contributed by atoms with E-state index in [-0.39, 0.29) is 10.5 Å². The van der Waals surface area contributed by atoms with Gasteiger partial charge in [0, 0.05) is 19.3 Å². The highest BCUT2D eigenvalue weighted by atomic mass is 32.2. The number of methoxy groups -OCH3 is 1. The topological polar surface area (TPSA) is 81.4 Å². The van der Waals surface area contributed by atoms with E-state index in [0.717, 1.165) is 30.4 Å². The fourth-order valence-corrected chi connectivity index (χ4v) is 3.58. The molecule has 0 saturated heterocycles. The van der Waals surface area contributed by atoms with Gasteiger partial charge in [-0.25, -0.2) is 13.1 Å². The van der Waals surface area contributed by atoms with Gasteiger partial charge in [-0.3, -0.25) is 0 Å². The van der Waals surface area contributed by atoms with Gasteiger partial charge >= 0.3 is 0 Å². The van der Waals surface area contributed by atoms with Crippen LogP contribution in [0.4, 0.5) is 5.69 Å². The number of nitrogen functional groups attached to an aromatic ring is 1. The summed E-state index contributed by atoms with van der Waals surface area (Å²) in [6.45, 7) is 4.04. The van der Waals surface area contributed by atoms with Gasteiger partial charge in [-0.1, -0.05) is 0 Å². The molecule has 0 radical (unpaired) electrons. The molecule has 0 amide bonds. The van der Waals surface area contributed by atoms with E-state index in [1.165, 1.54) is 6.07 Å². The quantitative estimate of drug-likeness (QED) is 0.811. The van der Waals surface area contributed by atoms with E-state index in [2.05, 4.69) is 4.72 Å². The Morgan fingerprint density at radius 1 is 1.35 bits per heavy atom. The lowest BCUT2D eigenvalue weighted by Crippen LogP contribution is -2.49. The minimum atomic E-state index is -3.55. The van der Waals surface area contributed by atoms with Crippen molar-refractivity contribution >= 4 is 15.7 Å². The molecule has 0 aromatic heterocycles. The first-order valence-corrected chi connectivity index (χ1v) is 8.19. The Morgan fingerprint density at radius 3 is 2.45 bits per heavy atom. The normalized spacial score (nSPS) is 17.8. The average Bonchev–Trinajstić information content (AvgIpc) is 2.34. The molecule has 1 saturated carbocycles. The molecule has 0 unspecified atom stereocenters. The van der Waals surface area contributed by atoms with Crippen LogP contribution in [0, 0.1) is 13.8 Å². The molecule has 1 fully saturated rings. The second-order valence-electron chi connectivity index (χ2n) is 5.52. The van der Waals surface area contributed by atoms with Crippen LogP contribution in [-0.2, 0) is 14.8 Å². The number of aryl methyl sites for hydroxylation is 1. The van der Waals surface area contributed by atoms with Crippen molar-refractivity contribution in [3.63, 3.8) is 0 Å². The van der Waals surface area contributed by atoms with Crippen molar-refractivity contribution < 1.29 is 13.2 Å². The first kappa shape index (κ1) is 15.3. The number of benzene rings is 1. The maximum Gasteiger partial charge on any atom is 0.240 e. The predicted molar refractivity (Wildman–Crippen MR) is 79.1 cm³/mol. The van der Waals surface area contributed by atoms with Crippen LogP contribution >= 0.6 is 0 Å². The molecule has 6 heteroatoms. The standard InChI is InChI=1S/C14H22N2O3S/c1-10-7-12(8-13(15)11(10)2)20(17,18)16-9-14(19-3)5-4-6-14/h7-8,16H,4-6,9,15H2,1-3H3. The first-order chi connectivity index (χ1) is 9.30. The molecule has 1 aromatic carbocycles. The van der Waals surface area contributed by atoms with Gasteiger partial charge in [0.1, 0.15) is 0 Å². The summed E-state index contributed by atoms with van der Waals surface area (Å²) in [5, 5.41) is 0. The van der Waals surface area contributed by atoms with Gasteiger partial charge in [-0.15, -0.1) is 0 Å². The van der Waals surface area contributed by atoms with E-state index >= 15 is 0 Å². The minimum Gasteiger partial charge on any atom is -0.398 e. The zero-order valence-electron chi connectivity index (χ0n) is 12.2. The lowest BCUT2D eigenvalue weighted by atomic mass is 9.80. The van der Waals surface area contributed by atoms with Crippen LogP contribution in [0.2, 0.25) is 0 Å². The Labute approximate surface area is 120 Å². The van der Waals surface area contributed by atoms with Crippen molar-refractivity contribution in [3.05, 3.63) is 23.3 Å². The zero-order chi connectivity index (χ0) is 15.0. The van der Waals surface area contributed by atoms with Gasteiger partial charge < -0.3 is 10.5 Å². The van der Waals surface area contributed by atoms with Crippen molar-refractivity contribution in [2.75, 3.05) is 19.4 Å². The minimum absolute atomic E-state index is 0.212. The number of hydrogen-bond acceptors (Lipinski definition) is 4. The number of hydrogen-bond donors (Lipinski definition) is 2. The highest BCUT2D eigenvalue weighted by Gasteiger charge is 2.38. The molecule has 1 aliphatic rings. The molecule has 1 aliphatic carbocycles. The van der Waals surface area contributed by atoms with Gasteiger partial charge in [0.25, 0.3) is 0 Å². The Bertz CT molecular complexity index is 578. The van der Waals surface area contributed by atoms with Crippen molar-refractivity contribution in [1.29, 1.82) is 0 Å². The molecule has 20 heavy (non-hydrogen) atoms. The van der Waals surface area contributed by atoms with E-state index in [1.54, 1.807) is 13.2 Å². The average molecular weight is 298 g/mol. The largest absolute Gasteiger partial charge is 0.398 e. The summed E-state index contributed by atoms with van der Waals surface area (Å²) in [5.74, 6) is 0. The fraction of sp³-hybridized carbons (Fsp3) is 0.571. The fourth-order valence-electron chi connectivity index (χ4n) is 2.34. The summed E-state index contributed by atoms with van der Waals surface area (Å²) in [5.41, 5.74) is 7.79. The Balaban J connectivity index is 2.18. The van der Waals surface area contributed by atoms with Crippen LogP contribution < -0.4 is 10.5 Å². The number of sulfonamides is 1. The summed E-state index contributed by atoms with van der Waals surface area (Å²) >= 11 is 0. The number of nitrogens with one attached hydrogen (secondary N) is 1. The molecule has 5 nitrogen and oxygen atoms in total.